The summed E-state index contributed by atoms with van der Waals surface area (Å²) in [6.45, 7) is 0.552. The molecule has 0 atom stereocenters. The molecule has 1 aliphatic rings. The Kier molecular flexibility index (Phi) is 3.79. The van der Waals surface area contributed by atoms with Crippen LogP contribution >= 0.6 is 11.6 Å². The summed E-state index contributed by atoms with van der Waals surface area (Å²) in [7, 11) is 0. The Hall–Kier alpha value is -0.930. The van der Waals surface area contributed by atoms with Crippen molar-refractivity contribution in [3.05, 3.63) is 23.2 Å². The molecular weight excluding hydrogens is 236 g/mol. The summed E-state index contributed by atoms with van der Waals surface area (Å²) in [5.41, 5.74) is 6.53. The predicted octanol–water partition coefficient (Wildman–Crippen LogP) is 3.03. The number of rotatable bonds is 3. The minimum absolute atomic E-state index is 0.552. The van der Waals surface area contributed by atoms with Crippen LogP contribution in [0.3, 0.4) is 0 Å². The van der Waals surface area contributed by atoms with Crippen LogP contribution in [0.25, 0.3) is 0 Å². The van der Waals surface area contributed by atoms with E-state index in [0.29, 0.717) is 17.3 Å². The van der Waals surface area contributed by atoms with Crippen LogP contribution < -0.4 is 11.1 Å². The molecule has 1 aromatic rings. The van der Waals surface area contributed by atoms with E-state index in [9.17, 15) is 5.11 Å². The maximum absolute atomic E-state index is 10.3. The van der Waals surface area contributed by atoms with Gasteiger partial charge in [-0.1, -0.05) is 30.9 Å². The smallest absolute Gasteiger partial charge is 0.0819 e. The third-order valence-corrected chi connectivity index (χ3v) is 3.70. The number of benzene rings is 1. The lowest BCUT2D eigenvalue weighted by Crippen LogP contribution is -2.38. The number of aliphatic hydroxyl groups is 1. The van der Waals surface area contributed by atoms with Crippen molar-refractivity contribution in [3.8, 4) is 0 Å². The van der Waals surface area contributed by atoms with Gasteiger partial charge in [0.25, 0.3) is 0 Å². The Morgan fingerprint density at radius 1 is 1.29 bits per heavy atom. The van der Waals surface area contributed by atoms with E-state index in [0.717, 1.165) is 31.4 Å². The van der Waals surface area contributed by atoms with Crippen molar-refractivity contribution in [1.29, 1.82) is 0 Å². The molecule has 0 amide bonds. The molecular formula is C13H19ClN2O. The maximum Gasteiger partial charge on any atom is 0.0819 e. The minimum atomic E-state index is -0.580. The third kappa shape index (κ3) is 3.27. The molecule has 2 rings (SSSR count). The Morgan fingerprint density at radius 3 is 2.65 bits per heavy atom. The molecule has 0 aliphatic heterocycles. The van der Waals surface area contributed by atoms with E-state index in [1.807, 2.05) is 6.07 Å². The van der Waals surface area contributed by atoms with Crippen molar-refractivity contribution in [2.45, 2.75) is 37.7 Å². The summed E-state index contributed by atoms with van der Waals surface area (Å²) in [6.07, 6.45) is 5.17. The lowest BCUT2D eigenvalue weighted by atomic mass is 9.85. The zero-order valence-corrected chi connectivity index (χ0v) is 10.6. The van der Waals surface area contributed by atoms with Gasteiger partial charge >= 0.3 is 0 Å². The summed E-state index contributed by atoms with van der Waals surface area (Å²) in [5, 5.41) is 14.2. The lowest BCUT2D eigenvalue weighted by Gasteiger charge is -2.32. The molecule has 0 heterocycles. The first-order valence-corrected chi connectivity index (χ1v) is 6.48. The normalized spacial score (nSPS) is 18.9. The summed E-state index contributed by atoms with van der Waals surface area (Å²) < 4.78 is 0. The quantitative estimate of drug-likeness (QED) is 0.727. The van der Waals surface area contributed by atoms with Crippen LogP contribution in [0.15, 0.2) is 18.2 Å². The van der Waals surface area contributed by atoms with E-state index < -0.39 is 5.60 Å². The molecule has 4 heteroatoms. The molecule has 0 spiro atoms. The molecule has 1 aromatic carbocycles. The highest BCUT2D eigenvalue weighted by Crippen LogP contribution is 2.30. The number of halogens is 1. The highest BCUT2D eigenvalue weighted by atomic mass is 35.5. The van der Waals surface area contributed by atoms with Crippen LogP contribution in [0.4, 0.5) is 11.4 Å². The molecule has 1 saturated carbocycles. The molecule has 4 N–H and O–H groups in total. The molecule has 3 nitrogen and oxygen atoms in total. The van der Waals surface area contributed by atoms with Crippen LogP contribution in [-0.4, -0.2) is 17.3 Å². The Labute approximate surface area is 107 Å². The first kappa shape index (κ1) is 12.5. The lowest BCUT2D eigenvalue weighted by molar-refractivity contribution is 0.0167. The highest BCUT2D eigenvalue weighted by Gasteiger charge is 2.28. The zero-order valence-electron chi connectivity index (χ0n) is 9.88. The number of nitrogen functional groups attached to an aromatic ring is 1. The van der Waals surface area contributed by atoms with E-state index in [1.165, 1.54) is 6.42 Å². The van der Waals surface area contributed by atoms with E-state index >= 15 is 0 Å². The second-order valence-electron chi connectivity index (χ2n) is 4.88. The SMILES string of the molecule is Nc1ccc(NCC2(O)CCCCC2)c(Cl)c1. The molecule has 0 aromatic heterocycles. The molecule has 0 saturated heterocycles. The molecule has 17 heavy (non-hydrogen) atoms. The fourth-order valence-corrected chi connectivity index (χ4v) is 2.58. The van der Waals surface area contributed by atoms with E-state index in [1.54, 1.807) is 12.1 Å². The Morgan fingerprint density at radius 2 is 2.00 bits per heavy atom. The van der Waals surface area contributed by atoms with Crippen LogP contribution in [0, 0.1) is 0 Å². The Bertz CT molecular complexity index is 389. The fraction of sp³-hybridized carbons (Fsp3) is 0.538. The van der Waals surface area contributed by atoms with Gasteiger partial charge < -0.3 is 16.2 Å². The maximum atomic E-state index is 10.3. The number of hydrogen-bond donors (Lipinski definition) is 3. The van der Waals surface area contributed by atoms with Crippen LogP contribution in [0.5, 0.6) is 0 Å². The van der Waals surface area contributed by atoms with Crippen molar-refractivity contribution in [1.82, 2.24) is 0 Å². The predicted molar refractivity (Wildman–Crippen MR) is 72.4 cm³/mol. The van der Waals surface area contributed by atoms with Gasteiger partial charge in [-0.25, -0.2) is 0 Å². The molecule has 0 unspecified atom stereocenters. The number of hydrogen-bond acceptors (Lipinski definition) is 3. The Balaban J connectivity index is 1.97. The fourth-order valence-electron chi connectivity index (χ4n) is 2.32. The van der Waals surface area contributed by atoms with Crippen molar-refractivity contribution in [2.75, 3.05) is 17.6 Å². The third-order valence-electron chi connectivity index (χ3n) is 3.39. The molecule has 1 aliphatic carbocycles. The number of nitrogens with two attached hydrogens (primary N) is 1. The van der Waals surface area contributed by atoms with E-state index in [2.05, 4.69) is 5.32 Å². The van der Waals surface area contributed by atoms with Gasteiger partial charge in [-0.3, -0.25) is 0 Å². The van der Waals surface area contributed by atoms with Crippen LogP contribution in [0.2, 0.25) is 5.02 Å². The van der Waals surface area contributed by atoms with Crippen LogP contribution in [0.1, 0.15) is 32.1 Å². The van der Waals surface area contributed by atoms with Crippen molar-refractivity contribution < 1.29 is 5.11 Å². The van der Waals surface area contributed by atoms with Gasteiger partial charge in [0, 0.05) is 12.2 Å². The summed E-state index contributed by atoms with van der Waals surface area (Å²) in [5.74, 6) is 0. The van der Waals surface area contributed by atoms with Gasteiger partial charge in [-0.2, -0.15) is 0 Å². The molecule has 0 radical (unpaired) electrons. The van der Waals surface area contributed by atoms with E-state index in [4.69, 9.17) is 17.3 Å². The summed E-state index contributed by atoms with van der Waals surface area (Å²) >= 11 is 6.07. The van der Waals surface area contributed by atoms with Crippen molar-refractivity contribution >= 4 is 23.0 Å². The molecule has 0 bridgehead atoms. The monoisotopic (exact) mass is 254 g/mol. The van der Waals surface area contributed by atoms with Crippen molar-refractivity contribution in [2.24, 2.45) is 0 Å². The van der Waals surface area contributed by atoms with E-state index in [-0.39, 0.29) is 0 Å². The topological polar surface area (TPSA) is 58.3 Å². The summed E-state index contributed by atoms with van der Waals surface area (Å²) in [6, 6.07) is 5.37. The highest BCUT2D eigenvalue weighted by molar-refractivity contribution is 6.33. The second kappa shape index (κ2) is 5.15. The van der Waals surface area contributed by atoms with Gasteiger partial charge in [0.1, 0.15) is 0 Å². The second-order valence-corrected chi connectivity index (χ2v) is 5.29. The average molecular weight is 255 g/mol. The minimum Gasteiger partial charge on any atom is -0.399 e. The molecule has 94 valence electrons. The van der Waals surface area contributed by atoms with Crippen LogP contribution in [-0.2, 0) is 0 Å². The summed E-state index contributed by atoms with van der Waals surface area (Å²) in [4.78, 5) is 0. The number of nitrogens with one attached hydrogen (secondary N) is 1. The van der Waals surface area contributed by atoms with Crippen molar-refractivity contribution in [3.63, 3.8) is 0 Å². The van der Waals surface area contributed by atoms with Gasteiger partial charge in [-0.15, -0.1) is 0 Å². The standard InChI is InChI=1S/C13H19ClN2O/c14-11-8-10(15)4-5-12(11)16-9-13(17)6-2-1-3-7-13/h4-5,8,16-17H,1-3,6-7,9,15H2. The van der Waals surface area contributed by atoms with Gasteiger partial charge in [0.05, 0.1) is 16.3 Å². The van der Waals surface area contributed by atoms with Gasteiger partial charge in [0.2, 0.25) is 0 Å². The first-order valence-electron chi connectivity index (χ1n) is 6.10. The van der Waals surface area contributed by atoms with Gasteiger partial charge in [0.15, 0.2) is 0 Å². The zero-order chi connectivity index (χ0) is 12.3. The van der Waals surface area contributed by atoms with Gasteiger partial charge in [-0.05, 0) is 31.0 Å². The number of anilines is 2. The first-order chi connectivity index (χ1) is 8.09. The largest absolute Gasteiger partial charge is 0.399 e. The average Bonchev–Trinajstić information content (AvgIpc) is 2.29. The molecule has 1 fully saturated rings.